The van der Waals surface area contributed by atoms with Gasteiger partial charge in [0, 0.05) is 12.3 Å². The first-order chi connectivity index (χ1) is 9.90. The summed E-state index contributed by atoms with van der Waals surface area (Å²) in [5.74, 6) is -1.46. The topological polar surface area (TPSA) is 105 Å². The molecule has 0 bridgehead atoms. The predicted octanol–water partition coefficient (Wildman–Crippen LogP) is 3.74. The lowest BCUT2D eigenvalue weighted by atomic mass is 10.2. The monoisotopic (exact) mass is 327 g/mol. The molecule has 0 unspecified atom stereocenters. The molecule has 108 valence electrons. The number of hydrogen-bond donors (Lipinski definition) is 2. The number of carboxylic acids is 1. The number of nitro groups is 1. The number of aromatic nitrogens is 1. The van der Waals surface area contributed by atoms with Crippen LogP contribution in [-0.2, 0) is 0 Å². The molecule has 0 amide bonds. The van der Waals surface area contributed by atoms with Gasteiger partial charge in [-0.05, 0) is 12.1 Å². The van der Waals surface area contributed by atoms with Crippen LogP contribution < -0.4 is 5.32 Å². The molecule has 0 aliphatic heterocycles. The van der Waals surface area contributed by atoms with E-state index in [2.05, 4.69) is 10.3 Å². The Balaban J connectivity index is 2.49. The maximum Gasteiger partial charge on any atom is 0.337 e. The van der Waals surface area contributed by atoms with Gasteiger partial charge in [-0.2, -0.15) is 0 Å². The molecule has 1 heterocycles. The first-order valence-corrected chi connectivity index (χ1v) is 6.24. The van der Waals surface area contributed by atoms with Crippen LogP contribution in [0.3, 0.4) is 0 Å². The molecular weight excluding hydrogens is 321 g/mol. The summed E-state index contributed by atoms with van der Waals surface area (Å²) in [7, 11) is 0. The van der Waals surface area contributed by atoms with Gasteiger partial charge in [-0.1, -0.05) is 29.3 Å². The van der Waals surface area contributed by atoms with Crippen LogP contribution in [-0.4, -0.2) is 21.0 Å². The van der Waals surface area contributed by atoms with Gasteiger partial charge in [0.1, 0.15) is 0 Å². The second-order valence-corrected chi connectivity index (χ2v) is 4.69. The lowest BCUT2D eigenvalue weighted by Gasteiger charge is -2.10. The highest BCUT2D eigenvalue weighted by Gasteiger charge is 2.20. The van der Waals surface area contributed by atoms with Gasteiger partial charge in [-0.3, -0.25) is 10.1 Å². The number of nitrogens with zero attached hydrogens (tertiary/aromatic N) is 2. The fourth-order valence-corrected chi connectivity index (χ4v) is 2.03. The average molecular weight is 328 g/mol. The van der Waals surface area contributed by atoms with Crippen molar-refractivity contribution in [2.45, 2.75) is 0 Å². The summed E-state index contributed by atoms with van der Waals surface area (Å²) >= 11 is 11.9. The van der Waals surface area contributed by atoms with E-state index >= 15 is 0 Å². The molecule has 0 spiro atoms. The highest BCUT2D eigenvalue weighted by molar-refractivity contribution is 6.39. The zero-order valence-corrected chi connectivity index (χ0v) is 11.7. The Morgan fingerprint density at radius 3 is 2.48 bits per heavy atom. The number of halogens is 2. The third-order valence-electron chi connectivity index (χ3n) is 2.52. The molecular formula is C12H7Cl2N3O4. The smallest absolute Gasteiger partial charge is 0.337 e. The zero-order chi connectivity index (χ0) is 15.6. The third kappa shape index (κ3) is 3.21. The van der Waals surface area contributed by atoms with Crippen molar-refractivity contribution in [1.82, 2.24) is 4.98 Å². The lowest BCUT2D eigenvalue weighted by molar-refractivity contribution is -0.384. The Labute approximate surface area is 128 Å². The van der Waals surface area contributed by atoms with E-state index in [1.807, 2.05) is 0 Å². The van der Waals surface area contributed by atoms with Gasteiger partial charge < -0.3 is 10.4 Å². The number of nitrogens with one attached hydrogen (secondary N) is 1. The first kappa shape index (κ1) is 15.0. The maximum atomic E-state index is 11.0. The van der Waals surface area contributed by atoms with E-state index in [-0.39, 0.29) is 27.1 Å². The summed E-state index contributed by atoms with van der Waals surface area (Å²) in [4.78, 5) is 24.9. The van der Waals surface area contributed by atoms with Gasteiger partial charge in [0.15, 0.2) is 0 Å². The first-order valence-electron chi connectivity index (χ1n) is 5.49. The van der Waals surface area contributed by atoms with Crippen molar-refractivity contribution >= 4 is 46.4 Å². The molecule has 1 aromatic heterocycles. The standard InChI is InChI=1S/C12H7Cl2N3O4/c13-7-2-1-3-8(14)10(7)16-11-9(17(20)21)4-6(5-15-11)12(18)19/h1-5H,(H,15,16)(H,18,19). The van der Waals surface area contributed by atoms with Crippen molar-refractivity contribution in [3.8, 4) is 0 Å². The van der Waals surface area contributed by atoms with Gasteiger partial charge >= 0.3 is 11.7 Å². The summed E-state index contributed by atoms with van der Waals surface area (Å²) in [6.45, 7) is 0. The summed E-state index contributed by atoms with van der Waals surface area (Å²) in [5, 5.41) is 23.0. The molecule has 0 atom stereocenters. The fraction of sp³-hybridized carbons (Fsp3) is 0. The molecule has 21 heavy (non-hydrogen) atoms. The van der Waals surface area contributed by atoms with Gasteiger partial charge in [0.05, 0.1) is 26.2 Å². The molecule has 0 fully saturated rings. The normalized spacial score (nSPS) is 10.2. The number of pyridine rings is 1. The molecule has 7 nitrogen and oxygen atoms in total. The van der Waals surface area contributed by atoms with Crippen molar-refractivity contribution in [2.24, 2.45) is 0 Å². The van der Waals surface area contributed by atoms with E-state index in [1.54, 1.807) is 18.2 Å². The number of para-hydroxylation sites is 1. The highest BCUT2D eigenvalue weighted by atomic mass is 35.5. The minimum Gasteiger partial charge on any atom is -0.478 e. The van der Waals surface area contributed by atoms with Crippen LogP contribution in [0.25, 0.3) is 0 Å². The second kappa shape index (κ2) is 5.94. The van der Waals surface area contributed by atoms with Crippen LogP contribution in [0.4, 0.5) is 17.2 Å². The van der Waals surface area contributed by atoms with Crippen LogP contribution in [0.5, 0.6) is 0 Å². The number of anilines is 2. The van der Waals surface area contributed by atoms with Gasteiger partial charge in [0.2, 0.25) is 5.82 Å². The summed E-state index contributed by atoms with van der Waals surface area (Å²) in [6, 6.07) is 5.62. The molecule has 9 heteroatoms. The summed E-state index contributed by atoms with van der Waals surface area (Å²) < 4.78 is 0. The second-order valence-electron chi connectivity index (χ2n) is 3.88. The number of carbonyl (C=O) groups is 1. The summed E-state index contributed by atoms with van der Waals surface area (Å²) in [5.41, 5.74) is -0.539. The third-order valence-corrected chi connectivity index (χ3v) is 3.15. The largest absolute Gasteiger partial charge is 0.478 e. The SMILES string of the molecule is O=C(O)c1cnc(Nc2c(Cl)cccc2Cl)c([N+](=O)[O-])c1. The maximum absolute atomic E-state index is 11.0. The molecule has 2 rings (SSSR count). The van der Waals surface area contributed by atoms with E-state index in [9.17, 15) is 14.9 Å². The Kier molecular flexibility index (Phi) is 4.25. The molecule has 0 aliphatic rings. The lowest BCUT2D eigenvalue weighted by Crippen LogP contribution is -2.04. The summed E-state index contributed by atoms with van der Waals surface area (Å²) in [6.07, 6.45) is 1.00. The van der Waals surface area contributed by atoms with E-state index in [4.69, 9.17) is 28.3 Å². The van der Waals surface area contributed by atoms with Crippen molar-refractivity contribution < 1.29 is 14.8 Å². The molecule has 0 aliphatic carbocycles. The number of hydrogen-bond acceptors (Lipinski definition) is 5. The molecule has 1 aromatic carbocycles. The van der Waals surface area contributed by atoms with Crippen molar-refractivity contribution in [1.29, 1.82) is 0 Å². The minimum atomic E-state index is -1.31. The Hall–Kier alpha value is -2.38. The van der Waals surface area contributed by atoms with Crippen LogP contribution in [0.1, 0.15) is 10.4 Å². The molecule has 2 N–H and O–H groups in total. The molecule has 0 saturated carbocycles. The highest BCUT2D eigenvalue weighted by Crippen LogP contribution is 2.34. The van der Waals surface area contributed by atoms with Crippen molar-refractivity contribution in [3.63, 3.8) is 0 Å². The van der Waals surface area contributed by atoms with Crippen LogP contribution in [0.2, 0.25) is 10.0 Å². The number of rotatable bonds is 4. The van der Waals surface area contributed by atoms with E-state index in [1.165, 1.54) is 0 Å². The van der Waals surface area contributed by atoms with Crippen molar-refractivity contribution in [2.75, 3.05) is 5.32 Å². The van der Waals surface area contributed by atoms with Crippen LogP contribution in [0.15, 0.2) is 30.5 Å². The van der Waals surface area contributed by atoms with Crippen LogP contribution in [0, 0.1) is 10.1 Å². The molecule has 0 radical (unpaired) electrons. The van der Waals surface area contributed by atoms with E-state index < -0.39 is 16.6 Å². The Morgan fingerprint density at radius 2 is 1.95 bits per heavy atom. The fourth-order valence-electron chi connectivity index (χ4n) is 1.54. The van der Waals surface area contributed by atoms with Gasteiger partial charge in [-0.25, -0.2) is 9.78 Å². The van der Waals surface area contributed by atoms with E-state index in [0.717, 1.165) is 12.3 Å². The number of aromatic carboxylic acids is 1. The van der Waals surface area contributed by atoms with Gasteiger partial charge in [-0.15, -0.1) is 0 Å². The van der Waals surface area contributed by atoms with Crippen LogP contribution >= 0.6 is 23.2 Å². The number of benzene rings is 1. The Morgan fingerprint density at radius 1 is 1.33 bits per heavy atom. The van der Waals surface area contributed by atoms with E-state index in [0.29, 0.717) is 0 Å². The quantitative estimate of drug-likeness (QED) is 0.654. The molecule has 2 aromatic rings. The Bertz CT molecular complexity index is 716. The zero-order valence-electron chi connectivity index (χ0n) is 10.2. The van der Waals surface area contributed by atoms with Crippen molar-refractivity contribution in [3.05, 3.63) is 56.2 Å². The number of carboxylic acid groups (broad SMARTS) is 1. The predicted molar refractivity (Wildman–Crippen MR) is 77.6 cm³/mol. The molecule has 0 saturated heterocycles. The minimum absolute atomic E-state index is 0.153. The average Bonchev–Trinajstić information content (AvgIpc) is 2.42. The van der Waals surface area contributed by atoms with Gasteiger partial charge in [0.25, 0.3) is 0 Å².